The summed E-state index contributed by atoms with van der Waals surface area (Å²) in [5.41, 5.74) is -0.0410. The van der Waals surface area contributed by atoms with E-state index in [9.17, 15) is 19.2 Å². The van der Waals surface area contributed by atoms with Crippen LogP contribution in [0.15, 0.2) is 60.7 Å². The second kappa shape index (κ2) is 13.0. The Labute approximate surface area is 230 Å². The number of aldehydes is 1. The molecule has 0 bridgehead atoms. The average molecular weight is 538 g/mol. The normalized spacial score (nSPS) is 21.2. The minimum absolute atomic E-state index is 0.0129. The molecule has 1 fully saturated rings. The molecular weight excluding hydrogens is 498 g/mol. The van der Waals surface area contributed by atoms with Gasteiger partial charge in [0.1, 0.15) is 17.4 Å². The molecule has 0 aromatic heterocycles. The number of hydrogen-bond donors (Lipinski definition) is 3. The zero-order valence-corrected chi connectivity index (χ0v) is 23.2. The van der Waals surface area contributed by atoms with Gasteiger partial charge in [0, 0.05) is 12.5 Å². The number of nitrogens with one attached hydrogen (secondary N) is 3. The van der Waals surface area contributed by atoms with Crippen molar-refractivity contribution < 1.29 is 28.7 Å². The van der Waals surface area contributed by atoms with E-state index >= 15 is 0 Å². The van der Waals surface area contributed by atoms with Crippen molar-refractivity contribution in [2.75, 3.05) is 13.2 Å². The molecule has 0 spiro atoms. The minimum atomic E-state index is -1.29. The molecule has 3 rings (SSSR count). The summed E-state index contributed by atoms with van der Waals surface area (Å²) >= 11 is 0. The molecule has 210 valence electrons. The lowest BCUT2D eigenvalue weighted by Gasteiger charge is -2.43. The Morgan fingerprint density at radius 1 is 1.00 bits per heavy atom. The predicted octanol–water partition coefficient (Wildman–Crippen LogP) is 3.13. The van der Waals surface area contributed by atoms with Gasteiger partial charge < -0.3 is 30.2 Å². The van der Waals surface area contributed by atoms with E-state index < -0.39 is 29.3 Å². The maximum Gasteiger partial charge on any atom is 0.408 e. The molecule has 5 atom stereocenters. The van der Waals surface area contributed by atoms with Gasteiger partial charge in [-0.05, 0) is 45.7 Å². The fraction of sp³-hybridized carbons (Fsp3) is 0.467. The summed E-state index contributed by atoms with van der Waals surface area (Å²) in [4.78, 5) is 50.0. The lowest BCUT2D eigenvalue weighted by atomic mass is 9.65. The molecule has 0 heterocycles. The lowest BCUT2D eigenvalue weighted by Crippen LogP contribution is -2.63. The highest BCUT2D eigenvalue weighted by Crippen LogP contribution is 2.40. The molecule has 2 aromatic carbocycles. The molecule has 39 heavy (non-hydrogen) atoms. The Bertz CT molecular complexity index is 1130. The maximum absolute atomic E-state index is 13.1. The van der Waals surface area contributed by atoms with Crippen molar-refractivity contribution in [1.82, 2.24) is 16.0 Å². The van der Waals surface area contributed by atoms with Crippen LogP contribution in [-0.4, -0.2) is 60.4 Å². The van der Waals surface area contributed by atoms with Crippen LogP contribution in [0.4, 0.5) is 4.79 Å². The zero-order valence-electron chi connectivity index (χ0n) is 23.2. The molecule has 3 N–H and O–H groups in total. The Morgan fingerprint density at radius 3 is 2.21 bits per heavy atom. The Kier molecular flexibility index (Phi) is 9.99. The van der Waals surface area contributed by atoms with Gasteiger partial charge in [-0.25, -0.2) is 4.79 Å². The Morgan fingerprint density at radius 2 is 1.62 bits per heavy atom. The maximum atomic E-state index is 13.1. The van der Waals surface area contributed by atoms with Crippen molar-refractivity contribution >= 4 is 24.1 Å². The van der Waals surface area contributed by atoms with Gasteiger partial charge in [0.25, 0.3) is 0 Å². The van der Waals surface area contributed by atoms with Crippen molar-refractivity contribution in [1.29, 1.82) is 0 Å². The molecule has 2 amide bonds. The molecule has 9 heteroatoms. The fourth-order valence-corrected chi connectivity index (χ4v) is 4.41. The third-order valence-electron chi connectivity index (χ3n) is 6.57. The second-order valence-electron chi connectivity index (χ2n) is 11.2. The summed E-state index contributed by atoms with van der Waals surface area (Å²) in [6.45, 7) is 8.97. The summed E-state index contributed by atoms with van der Waals surface area (Å²) in [7, 11) is 0. The molecule has 2 aromatic rings. The number of carbonyl (C=O) groups is 4. The summed E-state index contributed by atoms with van der Waals surface area (Å²) < 4.78 is 11.1. The van der Waals surface area contributed by atoms with Gasteiger partial charge in [0.2, 0.25) is 5.91 Å². The zero-order chi connectivity index (χ0) is 28.6. The van der Waals surface area contributed by atoms with Gasteiger partial charge in [-0.2, -0.15) is 0 Å². The van der Waals surface area contributed by atoms with E-state index in [1.807, 2.05) is 60.7 Å². The predicted molar refractivity (Wildman–Crippen MR) is 147 cm³/mol. The smallest absolute Gasteiger partial charge is 0.408 e. The van der Waals surface area contributed by atoms with Gasteiger partial charge >= 0.3 is 6.09 Å². The van der Waals surface area contributed by atoms with E-state index in [1.165, 1.54) is 6.92 Å². The van der Waals surface area contributed by atoms with Crippen molar-refractivity contribution in [3.8, 4) is 0 Å². The van der Waals surface area contributed by atoms with Crippen molar-refractivity contribution in [2.45, 2.75) is 70.4 Å². The van der Waals surface area contributed by atoms with Crippen LogP contribution in [-0.2, 0) is 30.5 Å². The monoisotopic (exact) mass is 537 g/mol. The van der Waals surface area contributed by atoms with E-state index in [1.54, 1.807) is 27.7 Å². The average Bonchev–Trinajstić information content (AvgIpc) is 2.90. The van der Waals surface area contributed by atoms with E-state index in [2.05, 4.69) is 16.0 Å². The number of amides is 2. The fourth-order valence-electron chi connectivity index (χ4n) is 4.41. The van der Waals surface area contributed by atoms with Gasteiger partial charge in [-0.3, -0.25) is 9.59 Å². The van der Waals surface area contributed by atoms with E-state index in [0.29, 0.717) is 12.9 Å². The summed E-state index contributed by atoms with van der Waals surface area (Å²) in [6, 6.07) is 17.9. The number of benzene rings is 2. The SMILES string of the molecule is C[C@H](NC[C@](C)(C=O)NC(=O)OC(C)(C)C)C(=O)N[C@@H]1C(=O)[C@@H](COCc2ccccc2)C1c1ccccc1. The number of Topliss-reactive ketones (excluding diaryl/α,β-unsaturated/α-hetero) is 1. The van der Waals surface area contributed by atoms with Crippen LogP contribution < -0.4 is 16.0 Å². The minimum Gasteiger partial charge on any atom is -0.444 e. The highest BCUT2D eigenvalue weighted by molar-refractivity contribution is 5.99. The lowest BCUT2D eigenvalue weighted by molar-refractivity contribution is -0.142. The van der Waals surface area contributed by atoms with Gasteiger partial charge in [-0.15, -0.1) is 0 Å². The Hall–Kier alpha value is -3.56. The van der Waals surface area contributed by atoms with Crippen LogP contribution in [0.1, 0.15) is 51.7 Å². The van der Waals surface area contributed by atoms with Crippen LogP contribution in [0.25, 0.3) is 0 Å². The van der Waals surface area contributed by atoms with Crippen molar-refractivity contribution in [3.05, 3.63) is 71.8 Å². The third kappa shape index (κ3) is 8.46. The third-order valence-corrected chi connectivity index (χ3v) is 6.57. The number of alkyl carbamates (subject to hydrolysis) is 1. The highest BCUT2D eigenvalue weighted by Gasteiger charge is 2.51. The van der Waals surface area contributed by atoms with Crippen LogP contribution in [0.5, 0.6) is 0 Å². The van der Waals surface area contributed by atoms with E-state index in [-0.39, 0.29) is 36.7 Å². The highest BCUT2D eigenvalue weighted by atomic mass is 16.6. The number of hydrogen-bond acceptors (Lipinski definition) is 7. The number of ether oxygens (including phenoxy) is 2. The van der Waals surface area contributed by atoms with Gasteiger partial charge in [0.05, 0.1) is 31.2 Å². The number of carbonyl (C=O) groups excluding carboxylic acids is 4. The van der Waals surface area contributed by atoms with E-state index in [0.717, 1.165) is 11.1 Å². The standard InChI is InChI=1S/C30H39N3O6/c1-20(31-18-30(5,19-34)33-28(37)39-29(2,3)4)27(36)32-25-24(22-14-10-7-11-15-22)23(26(25)35)17-38-16-21-12-8-6-9-13-21/h6-15,19-20,23-25,31H,16-18H2,1-5H3,(H,32,36)(H,33,37)/t20-,23-,24?,25-,30+/m0/s1. The number of rotatable bonds is 12. The molecule has 9 nitrogen and oxygen atoms in total. The molecule has 1 saturated carbocycles. The summed E-state index contributed by atoms with van der Waals surface area (Å²) in [6.07, 6.45) is -0.141. The molecule has 0 radical (unpaired) electrons. The van der Waals surface area contributed by atoms with Crippen LogP contribution in [0.2, 0.25) is 0 Å². The largest absolute Gasteiger partial charge is 0.444 e. The molecule has 1 aliphatic rings. The summed E-state index contributed by atoms with van der Waals surface area (Å²) in [5.74, 6) is -1.06. The van der Waals surface area contributed by atoms with Gasteiger partial charge in [0.15, 0.2) is 5.78 Å². The first-order chi connectivity index (χ1) is 18.4. The van der Waals surface area contributed by atoms with Crippen molar-refractivity contribution in [3.63, 3.8) is 0 Å². The van der Waals surface area contributed by atoms with E-state index in [4.69, 9.17) is 9.47 Å². The number of ketones is 1. The van der Waals surface area contributed by atoms with Gasteiger partial charge in [-0.1, -0.05) is 60.7 Å². The van der Waals surface area contributed by atoms with Crippen molar-refractivity contribution in [2.24, 2.45) is 5.92 Å². The Balaban J connectivity index is 1.59. The summed E-state index contributed by atoms with van der Waals surface area (Å²) in [5, 5.41) is 8.39. The first-order valence-electron chi connectivity index (χ1n) is 13.1. The topological polar surface area (TPSA) is 123 Å². The molecule has 1 aliphatic carbocycles. The molecule has 0 aliphatic heterocycles. The van der Waals surface area contributed by atoms with Crippen LogP contribution >= 0.6 is 0 Å². The quantitative estimate of drug-likeness (QED) is 0.356. The first kappa shape index (κ1) is 30.0. The molecule has 0 saturated heterocycles. The molecule has 1 unspecified atom stereocenters. The first-order valence-corrected chi connectivity index (χ1v) is 13.1. The van der Waals surface area contributed by atoms with Crippen LogP contribution in [0, 0.1) is 5.92 Å². The second-order valence-corrected chi connectivity index (χ2v) is 11.2. The van der Waals surface area contributed by atoms with Crippen LogP contribution in [0.3, 0.4) is 0 Å². The molecular formula is C30H39N3O6.